The minimum atomic E-state index is -0.768. The van der Waals surface area contributed by atoms with Gasteiger partial charge in [0.15, 0.2) is 0 Å². The summed E-state index contributed by atoms with van der Waals surface area (Å²) < 4.78 is 0. The maximum atomic E-state index is 12.3. The van der Waals surface area contributed by atoms with E-state index in [1.54, 1.807) is 0 Å². The Hall–Kier alpha value is -1.39. The summed E-state index contributed by atoms with van der Waals surface area (Å²) in [6.07, 6.45) is 1.98. The molecule has 1 amide bonds. The lowest BCUT2D eigenvalue weighted by molar-refractivity contribution is -0.118. The molecule has 4 heteroatoms. The molecule has 0 aliphatic carbocycles. The van der Waals surface area contributed by atoms with E-state index in [-0.39, 0.29) is 11.9 Å². The minimum absolute atomic E-state index is 0.0106. The molecule has 1 atom stereocenters. The number of hydrogen-bond donors (Lipinski definition) is 2. The fraction of sp³-hybridized carbons (Fsp3) is 0.588. The highest BCUT2D eigenvalue weighted by Crippen LogP contribution is 2.26. The minimum Gasteiger partial charge on any atom is -0.389 e. The standard InChI is InChI=1S/C17H26N2O2/c1-12-7-5-8-13(2)16(12)18-15(20)11-19-10-6-9-14(19)17(3,4)21/h5,7-8,14,21H,6,9-11H2,1-4H3,(H,18,20). The molecule has 0 spiro atoms. The molecule has 1 fully saturated rings. The molecular formula is C17H26N2O2. The second-order valence-electron chi connectivity index (χ2n) is 6.60. The Bertz CT molecular complexity index is 500. The zero-order valence-electron chi connectivity index (χ0n) is 13.4. The third-order valence-corrected chi connectivity index (χ3v) is 4.27. The summed E-state index contributed by atoms with van der Waals surface area (Å²) in [7, 11) is 0. The summed E-state index contributed by atoms with van der Waals surface area (Å²) in [5.41, 5.74) is 2.28. The van der Waals surface area contributed by atoms with E-state index in [0.29, 0.717) is 6.54 Å². The van der Waals surface area contributed by atoms with Gasteiger partial charge >= 0.3 is 0 Å². The number of carbonyl (C=O) groups is 1. The van der Waals surface area contributed by atoms with Crippen molar-refractivity contribution in [3.8, 4) is 0 Å². The Balaban J connectivity index is 2.02. The van der Waals surface area contributed by atoms with Crippen LogP contribution >= 0.6 is 0 Å². The highest BCUT2D eigenvalue weighted by molar-refractivity contribution is 5.93. The van der Waals surface area contributed by atoms with Crippen LogP contribution in [0.5, 0.6) is 0 Å². The fourth-order valence-electron chi connectivity index (χ4n) is 3.19. The Labute approximate surface area is 127 Å². The molecule has 0 radical (unpaired) electrons. The van der Waals surface area contributed by atoms with Crippen molar-refractivity contribution in [3.05, 3.63) is 29.3 Å². The van der Waals surface area contributed by atoms with Crippen LogP contribution in [0.3, 0.4) is 0 Å². The van der Waals surface area contributed by atoms with Gasteiger partial charge in [-0.15, -0.1) is 0 Å². The smallest absolute Gasteiger partial charge is 0.238 e. The molecule has 1 aromatic carbocycles. The zero-order chi connectivity index (χ0) is 15.6. The van der Waals surface area contributed by atoms with Gasteiger partial charge in [-0.3, -0.25) is 9.69 Å². The van der Waals surface area contributed by atoms with Gasteiger partial charge in [-0.05, 0) is 58.2 Å². The summed E-state index contributed by atoms with van der Waals surface area (Å²) in [5, 5.41) is 13.2. The molecule has 1 saturated heterocycles. The van der Waals surface area contributed by atoms with Gasteiger partial charge < -0.3 is 10.4 Å². The number of anilines is 1. The Morgan fingerprint density at radius 3 is 2.57 bits per heavy atom. The number of nitrogens with zero attached hydrogens (tertiary/aromatic N) is 1. The number of carbonyl (C=O) groups excluding carboxylic acids is 1. The fourth-order valence-corrected chi connectivity index (χ4v) is 3.19. The highest BCUT2D eigenvalue weighted by atomic mass is 16.3. The molecule has 1 unspecified atom stereocenters. The second-order valence-corrected chi connectivity index (χ2v) is 6.60. The molecule has 0 aromatic heterocycles. The zero-order valence-corrected chi connectivity index (χ0v) is 13.4. The van der Waals surface area contributed by atoms with E-state index in [1.807, 2.05) is 45.9 Å². The third kappa shape index (κ3) is 3.83. The predicted molar refractivity (Wildman–Crippen MR) is 85.4 cm³/mol. The van der Waals surface area contributed by atoms with E-state index in [2.05, 4.69) is 10.2 Å². The second kappa shape index (κ2) is 6.16. The van der Waals surface area contributed by atoms with Crippen molar-refractivity contribution >= 4 is 11.6 Å². The summed E-state index contributed by atoms with van der Waals surface area (Å²) in [5.74, 6) is -0.0106. The number of aryl methyl sites for hydroxylation is 2. The molecule has 116 valence electrons. The van der Waals surface area contributed by atoms with Crippen molar-refractivity contribution < 1.29 is 9.90 Å². The summed E-state index contributed by atoms with van der Waals surface area (Å²) in [6, 6.07) is 6.04. The SMILES string of the molecule is Cc1cccc(C)c1NC(=O)CN1CCCC1C(C)(C)O. The summed E-state index contributed by atoms with van der Waals surface area (Å²) in [6.45, 7) is 8.84. The van der Waals surface area contributed by atoms with E-state index in [9.17, 15) is 9.90 Å². The Kier molecular flexibility index (Phi) is 4.69. The molecule has 0 bridgehead atoms. The van der Waals surface area contributed by atoms with Crippen LogP contribution < -0.4 is 5.32 Å². The van der Waals surface area contributed by atoms with Crippen LogP contribution in [0, 0.1) is 13.8 Å². The van der Waals surface area contributed by atoms with Gasteiger partial charge in [0.05, 0.1) is 12.1 Å². The maximum absolute atomic E-state index is 12.3. The first-order chi connectivity index (χ1) is 9.79. The van der Waals surface area contributed by atoms with E-state index < -0.39 is 5.60 Å². The van der Waals surface area contributed by atoms with Gasteiger partial charge in [0.25, 0.3) is 0 Å². The lowest BCUT2D eigenvalue weighted by Crippen LogP contribution is -2.48. The number of hydrogen-bond acceptors (Lipinski definition) is 3. The maximum Gasteiger partial charge on any atom is 0.238 e. The van der Waals surface area contributed by atoms with Crippen LogP contribution in [0.1, 0.15) is 37.8 Å². The van der Waals surface area contributed by atoms with Crippen LogP contribution in [-0.2, 0) is 4.79 Å². The Morgan fingerprint density at radius 2 is 2.00 bits per heavy atom. The van der Waals surface area contributed by atoms with Gasteiger partial charge in [-0.25, -0.2) is 0 Å². The van der Waals surface area contributed by atoms with Crippen LogP contribution in [0.25, 0.3) is 0 Å². The van der Waals surface area contributed by atoms with E-state index in [4.69, 9.17) is 0 Å². The van der Waals surface area contributed by atoms with E-state index in [1.165, 1.54) is 0 Å². The summed E-state index contributed by atoms with van der Waals surface area (Å²) >= 11 is 0. The molecule has 2 rings (SSSR count). The molecule has 1 aromatic rings. The average Bonchev–Trinajstić information content (AvgIpc) is 2.82. The first-order valence-electron chi connectivity index (χ1n) is 7.61. The molecule has 4 nitrogen and oxygen atoms in total. The number of aliphatic hydroxyl groups is 1. The topological polar surface area (TPSA) is 52.6 Å². The van der Waals surface area contributed by atoms with Crippen molar-refractivity contribution in [2.24, 2.45) is 0 Å². The van der Waals surface area contributed by atoms with E-state index >= 15 is 0 Å². The van der Waals surface area contributed by atoms with Crippen molar-refractivity contribution in [2.75, 3.05) is 18.4 Å². The molecule has 0 saturated carbocycles. The highest BCUT2D eigenvalue weighted by Gasteiger charge is 2.36. The van der Waals surface area contributed by atoms with Crippen LogP contribution in [0.2, 0.25) is 0 Å². The average molecular weight is 290 g/mol. The van der Waals surface area contributed by atoms with Crippen LogP contribution in [0.15, 0.2) is 18.2 Å². The first kappa shape index (κ1) is 16.0. The van der Waals surface area contributed by atoms with Crippen LogP contribution in [-0.4, -0.2) is 40.6 Å². The normalized spacial score (nSPS) is 19.8. The molecule has 1 aliphatic heterocycles. The molecule has 1 heterocycles. The van der Waals surface area contributed by atoms with Crippen LogP contribution in [0.4, 0.5) is 5.69 Å². The van der Waals surface area contributed by atoms with Gasteiger partial charge in [-0.2, -0.15) is 0 Å². The van der Waals surface area contributed by atoms with Gasteiger partial charge in [0, 0.05) is 11.7 Å². The molecule has 21 heavy (non-hydrogen) atoms. The lowest BCUT2D eigenvalue weighted by atomic mass is 9.97. The number of nitrogens with one attached hydrogen (secondary N) is 1. The van der Waals surface area contributed by atoms with Crippen molar-refractivity contribution in [1.82, 2.24) is 4.90 Å². The van der Waals surface area contributed by atoms with E-state index in [0.717, 1.165) is 36.2 Å². The molecule has 2 N–H and O–H groups in total. The van der Waals surface area contributed by atoms with Crippen molar-refractivity contribution in [2.45, 2.75) is 52.2 Å². The lowest BCUT2D eigenvalue weighted by Gasteiger charge is -2.33. The van der Waals surface area contributed by atoms with Gasteiger partial charge in [0.2, 0.25) is 5.91 Å². The number of benzene rings is 1. The van der Waals surface area contributed by atoms with Crippen molar-refractivity contribution in [1.29, 1.82) is 0 Å². The number of amides is 1. The number of rotatable bonds is 4. The van der Waals surface area contributed by atoms with Gasteiger partial charge in [-0.1, -0.05) is 18.2 Å². The third-order valence-electron chi connectivity index (χ3n) is 4.27. The molecular weight excluding hydrogens is 264 g/mol. The van der Waals surface area contributed by atoms with Crippen molar-refractivity contribution in [3.63, 3.8) is 0 Å². The summed E-state index contributed by atoms with van der Waals surface area (Å²) in [4.78, 5) is 14.4. The number of para-hydroxylation sites is 1. The quantitative estimate of drug-likeness (QED) is 0.895. The molecule has 1 aliphatic rings. The predicted octanol–water partition coefficient (Wildman–Crippen LogP) is 2.48. The monoisotopic (exact) mass is 290 g/mol. The first-order valence-corrected chi connectivity index (χ1v) is 7.61. The Morgan fingerprint density at radius 1 is 1.38 bits per heavy atom. The number of likely N-dealkylation sites (tertiary alicyclic amines) is 1. The van der Waals surface area contributed by atoms with Gasteiger partial charge in [0.1, 0.15) is 0 Å². The largest absolute Gasteiger partial charge is 0.389 e.